The van der Waals surface area contributed by atoms with Crippen molar-refractivity contribution in [3.8, 4) is 0 Å². The van der Waals surface area contributed by atoms with Gasteiger partial charge < -0.3 is 10.1 Å². The highest BCUT2D eigenvalue weighted by Crippen LogP contribution is 2.58. The Morgan fingerprint density at radius 3 is 2.70 bits per heavy atom. The van der Waals surface area contributed by atoms with Crippen molar-refractivity contribution >= 4 is 5.97 Å². The molecule has 0 saturated heterocycles. The molecule has 3 aliphatic carbocycles. The molecule has 0 aromatic carbocycles. The van der Waals surface area contributed by atoms with Gasteiger partial charge in [0.15, 0.2) is 0 Å². The lowest BCUT2D eigenvalue weighted by Gasteiger charge is -2.56. The average molecular weight is 279 g/mol. The number of fused-ring (bicyclic) bond motifs is 1. The Kier molecular flexibility index (Phi) is 4.58. The number of hydrogen-bond acceptors (Lipinski definition) is 3. The summed E-state index contributed by atoms with van der Waals surface area (Å²) in [6.45, 7) is 9.86. The van der Waals surface area contributed by atoms with Crippen molar-refractivity contribution in [1.29, 1.82) is 0 Å². The average Bonchev–Trinajstić information content (AvgIpc) is 2.42. The largest absolute Gasteiger partial charge is 0.468 e. The van der Waals surface area contributed by atoms with Gasteiger partial charge in [0.1, 0.15) is 6.04 Å². The van der Waals surface area contributed by atoms with E-state index in [4.69, 9.17) is 4.74 Å². The molecule has 0 unspecified atom stereocenters. The molecule has 0 amide bonds. The molecular formula is C17H29NO2. The van der Waals surface area contributed by atoms with Crippen LogP contribution in [0.3, 0.4) is 0 Å². The lowest BCUT2D eigenvalue weighted by molar-refractivity contribution is -0.143. The molecule has 3 atom stereocenters. The topological polar surface area (TPSA) is 38.3 Å². The van der Waals surface area contributed by atoms with Crippen molar-refractivity contribution in [1.82, 2.24) is 5.32 Å². The summed E-state index contributed by atoms with van der Waals surface area (Å²) in [4.78, 5) is 11.8. The molecule has 1 saturated carbocycles. The Bertz CT molecular complexity index is 398. The first-order valence-electron chi connectivity index (χ1n) is 7.86. The van der Waals surface area contributed by atoms with E-state index >= 15 is 0 Å². The molecular weight excluding hydrogens is 250 g/mol. The molecule has 3 heteroatoms. The number of rotatable bonds is 6. The Morgan fingerprint density at radius 2 is 2.20 bits per heavy atom. The molecule has 0 heterocycles. The number of carbonyl (C=O) groups is 1. The maximum Gasteiger partial charge on any atom is 0.322 e. The molecule has 20 heavy (non-hydrogen) atoms. The van der Waals surface area contributed by atoms with Crippen LogP contribution in [0.2, 0.25) is 0 Å². The van der Waals surface area contributed by atoms with Crippen LogP contribution in [0.15, 0.2) is 11.6 Å². The van der Waals surface area contributed by atoms with Crippen LogP contribution in [0.5, 0.6) is 0 Å². The molecule has 2 bridgehead atoms. The molecule has 0 aliphatic heterocycles. The molecule has 0 aromatic heterocycles. The fourth-order valence-electron chi connectivity index (χ4n) is 3.79. The quantitative estimate of drug-likeness (QED) is 0.599. The normalized spacial score (nSPS) is 28.6. The third-order valence-electron chi connectivity index (χ3n) is 5.33. The van der Waals surface area contributed by atoms with E-state index in [-0.39, 0.29) is 12.0 Å². The second kappa shape index (κ2) is 5.88. The predicted molar refractivity (Wildman–Crippen MR) is 81.3 cm³/mol. The first-order valence-corrected chi connectivity index (χ1v) is 7.86. The van der Waals surface area contributed by atoms with E-state index in [1.54, 1.807) is 0 Å². The van der Waals surface area contributed by atoms with Crippen LogP contribution in [0.1, 0.15) is 47.0 Å². The minimum Gasteiger partial charge on any atom is -0.468 e. The van der Waals surface area contributed by atoms with Crippen LogP contribution >= 0.6 is 0 Å². The molecule has 0 spiro atoms. The lowest BCUT2D eigenvalue weighted by atomic mass is 9.49. The number of hydrogen-bond donors (Lipinski definition) is 1. The highest BCUT2D eigenvalue weighted by Gasteiger charge is 2.50. The summed E-state index contributed by atoms with van der Waals surface area (Å²) in [7, 11) is 1.47. The first kappa shape index (κ1) is 15.6. The summed E-state index contributed by atoms with van der Waals surface area (Å²) >= 11 is 0. The molecule has 0 radical (unpaired) electrons. The Morgan fingerprint density at radius 1 is 1.50 bits per heavy atom. The van der Waals surface area contributed by atoms with E-state index in [0.29, 0.717) is 17.3 Å². The van der Waals surface area contributed by atoms with Crippen molar-refractivity contribution in [2.24, 2.45) is 23.2 Å². The Labute approximate surface area is 123 Å². The molecule has 3 nitrogen and oxygen atoms in total. The maximum absolute atomic E-state index is 11.8. The lowest BCUT2D eigenvalue weighted by Crippen LogP contribution is -2.50. The van der Waals surface area contributed by atoms with Gasteiger partial charge in [-0.3, -0.25) is 4.79 Å². The van der Waals surface area contributed by atoms with E-state index in [9.17, 15) is 4.79 Å². The number of allylic oxidation sites excluding steroid dienone is 1. The van der Waals surface area contributed by atoms with Crippen molar-refractivity contribution in [2.75, 3.05) is 13.7 Å². The minimum absolute atomic E-state index is 0.138. The van der Waals surface area contributed by atoms with Gasteiger partial charge in [0.05, 0.1) is 7.11 Å². The zero-order chi connectivity index (χ0) is 14.9. The van der Waals surface area contributed by atoms with Crippen molar-refractivity contribution in [2.45, 2.75) is 53.0 Å². The van der Waals surface area contributed by atoms with E-state index in [2.05, 4.69) is 39.1 Å². The van der Waals surface area contributed by atoms with Crippen LogP contribution in [0.25, 0.3) is 0 Å². The zero-order valence-corrected chi connectivity index (χ0v) is 13.5. The van der Waals surface area contributed by atoms with Gasteiger partial charge in [-0.2, -0.15) is 0 Å². The van der Waals surface area contributed by atoms with Gasteiger partial charge in [-0.05, 0) is 42.4 Å². The smallest absolute Gasteiger partial charge is 0.322 e. The van der Waals surface area contributed by atoms with E-state index < -0.39 is 0 Å². The summed E-state index contributed by atoms with van der Waals surface area (Å²) in [5, 5.41) is 3.42. The molecule has 1 fully saturated rings. The van der Waals surface area contributed by atoms with Gasteiger partial charge in [0.2, 0.25) is 0 Å². The summed E-state index contributed by atoms with van der Waals surface area (Å²) in [5.74, 6) is 1.91. The second-order valence-corrected chi connectivity index (χ2v) is 7.41. The van der Waals surface area contributed by atoms with Crippen molar-refractivity contribution in [3.63, 3.8) is 0 Å². The predicted octanol–water partition coefficient (Wildman–Crippen LogP) is 3.16. The van der Waals surface area contributed by atoms with Gasteiger partial charge in [-0.1, -0.05) is 39.3 Å². The summed E-state index contributed by atoms with van der Waals surface area (Å²) in [6.07, 6.45) is 5.75. The number of carbonyl (C=O) groups excluding carboxylic acids is 1. The van der Waals surface area contributed by atoms with Gasteiger partial charge in [0.25, 0.3) is 0 Å². The zero-order valence-electron chi connectivity index (χ0n) is 13.5. The third-order valence-corrected chi connectivity index (χ3v) is 5.33. The Balaban J connectivity index is 1.93. The summed E-state index contributed by atoms with van der Waals surface area (Å²) in [6, 6.07) is -0.179. The first-order chi connectivity index (χ1) is 9.36. The second-order valence-electron chi connectivity index (χ2n) is 7.41. The monoisotopic (exact) mass is 279 g/mol. The fraction of sp³-hybridized carbons (Fsp3) is 0.824. The van der Waals surface area contributed by atoms with Crippen molar-refractivity contribution in [3.05, 3.63) is 11.6 Å². The number of methoxy groups -OCH3 is 1. The highest BCUT2D eigenvalue weighted by molar-refractivity contribution is 5.75. The minimum atomic E-state index is -0.179. The van der Waals surface area contributed by atoms with Crippen LogP contribution in [-0.2, 0) is 9.53 Å². The van der Waals surface area contributed by atoms with E-state index in [1.807, 2.05) is 0 Å². The standard InChI is InChI=1S/C17H29NO2/c1-11(2)8-15(16(19)20-5)18-10-12-6-7-13-9-14(12)17(13,3)4/h6,11,13-15,18H,7-10H2,1-5H3/t13-,14-,15-/m0/s1. The SMILES string of the molecule is COC(=O)[C@H](CC(C)C)NCC1=CC[C@H]2C[C@@H]1C2(C)C. The van der Waals surface area contributed by atoms with Gasteiger partial charge >= 0.3 is 5.97 Å². The Hall–Kier alpha value is -0.830. The number of nitrogens with one attached hydrogen (secondary N) is 1. The van der Waals surface area contributed by atoms with E-state index in [1.165, 1.54) is 25.5 Å². The number of ether oxygens (including phenoxy) is 1. The molecule has 3 rings (SSSR count). The van der Waals surface area contributed by atoms with E-state index in [0.717, 1.165) is 18.9 Å². The van der Waals surface area contributed by atoms with Crippen LogP contribution < -0.4 is 5.32 Å². The summed E-state index contributed by atoms with van der Waals surface area (Å²) in [5.41, 5.74) is 1.94. The fourth-order valence-corrected chi connectivity index (χ4v) is 3.79. The summed E-state index contributed by atoms with van der Waals surface area (Å²) < 4.78 is 4.91. The van der Waals surface area contributed by atoms with Crippen LogP contribution in [0.4, 0.5) is 0 Å². The molecule has 3 aliphatic rings. The highest BCUT2D eigenvalue weighted by atomic mass is 16.5. The van der Waals surface area contributed by atoms with Gasteiger partial charge in [-0.15, -0.1) is 0 Å². The van der Waals surface area contributed by atoms with Crippen LogP contribution in [0, 0.1) is 23.2 Å². The van der Waals surface area contributed by atoms with Crippen LogP contribution in [-0.4, -0.2) is 25.7 Å². The maximum atomic E-state index is 11.8. The molecule has 1 N–H and O–H groups in total. The molecule has 114 valence electrons. The van der Waals surface area contributed by atoms with Gasteiger partial charge in [-0.25, -0.2) is 0 Å². The third kappa shape index (κ3) is 2.93. The molecule has 0 aromatic rings. The van der Waals surface area contributed by atoms with Gasteiger partial charge in [0, 0.05) is 6.54 Å². The van der Waals surface area contributed by atoms with Crippen molar-refractivity contribution < 1.29 is 9.53 Å². The number of esters is 1.